The normalized spacial score (nSPS) is 34.1. The molecular weight excluding hydrogens is 386 g/mol. The molecule has 2 heterocycles. The van der Waals surface area contributed by atoms with Crippen LogP contribution in [-0.2, 0) is 18.4 Å². The average Bonchev–Trinajstić information content (AvgIpc) is 3.68. The summed E-state index contributed by atoms with van der Waals surface area (Å²) in [7, 11) is 1.94. The summed E-state index contributed by atoms with van der Waals surface area (Å²) in [6.45, 7) is 4.29. The first-order chi connectivity index (χ1) is 15.0. The maximum absolute atomic E-state index is 13.5. The van der Waals surface area contributed by atoms with Crippen LogP contribution in [-0.4, -0.2) is 33.7 Å². The zero-order valence-electron chi connectivity index (χ0n) is 19.4. The minimum absolute atomic E-state index is 0.146. The van der Waals surface area contributed by atoms with Crippen LogP contribution in [0.15, 0.2) is 12.4 Å². The van der Waals surface area contributed by atoms with Crippen molar-refractivity contribution >= 4 is 5.91 Å². The number of hydrogen-bond donors (Lipinski definition) is 3. The molecule has 5 unspecified atom stereocenters. The predicted octanol–water partition coefficient (Wildman–Crippen LogP) is 3.03. The van der Waals surface area contributed by atoms with Gasteiger partial charge < -0.3 is 19.8 Å². The first-order valence-electron chi connectivity index (χ1n) is 12.8. The Kier molecular flexibility index (Phi) is 6.02. The van der Waals surface area contributed by atoms with Gasteiger partial charge in [0.15, 0.2) is 0 Å². The van der Waals surface area contributed by atoms with Crippen LogP contribution in [0, 0.1) is 40.9 Å². The van der Waals surface area contributed by atoms with Gasteiger partial charge in [0.1, 0.15) is 0 Å². The van der Waals surface area contributed by atoms with E-state index in [0.29, 0.717) is 35.4 Å². The van der Waals surface area contributed by atoms with Crippen molar-refractivity contribution in [3.8, 4) is 0 Å². The smallest absolute Gasteiger partial charge is 0.223 e. The summed E-state index contributed by atoms with van der Waals surface area (Å²) in [6.07, 6.45) is 15.0. The lowest BCUT2D eigenvalue weighted by Crippen LogP contribution is -2.46. The molecule has 0 bridgehead atoms. The highest BCUT2D eigenvalue weighted by atomic mass is 16.2. The van der Waals surface area contributed by atoms with Crippen molar-refractivity contribution in [2.45, 2.75) is 83.3 Å². The number of hydrogen-bond acceptors (Lipinski definition) is 3. The van der Waals surface area contributed by atoms with E-state index in [2.05, 4.69) is 22.1 Å². The third-order valence-electron chi connectivity index (χ3n) is 8.64. The van der Waals surface area contributed by atoms with Gasteiger partial charge in [0.25, 0.3) is 0 Å². The Morgan fingerprint density at radius 1 is 1.10 bits per heavy atom. The maximum Gasteiger partial charge on any atom is 0.223 e. The summed E-state index contributed by atoms with van der Waals surface area (Å²) in [5.41, 5.74) is 0.557. The van der Waals surface area contributed by atoms with E-state index < -0.39 is 0 Å². The predicted molar refractivity (Wildman–Crippen MR) is 121 cm³/mol. The second-order valence-corrected chi connectivity index (χ2v) is 11.3. The lowest BCUT2D eigenvalue weighted by Gasteiger charge is -2.41. The molecule has 6 heteroatoms. The highest BCUT2D eigenvalue weighted by Crippen LogP contribution is 2.46. The molecule has 0 radical (unpaired) electrons. The van der Waals surface area contributed by atoms with Gasteiger partial charge in [0.2, 0.25) is 11.5 Å². The SMILES string of the molecule is CC1CC(C2CC(Cn3ccn(C)c3=N)CC(C(=O)NC(C3CC3)C3CC3)C2)CCN1. The minimum atomic E-state index is 0.146. The van der Waals surface area contributed by atoms with E-state index in [0.717, 1.165) is 43.7 Å². The van der Waals surface area contributed by atoms with Crippen molar-refractivity contribution in [3.63, 3.8) is 0 Å². The molecule has 4 aliphatic rings. The fourth-order valence-corrected chi connectivity index (χ4v) is 6.59. The van der Waals surface area contributed by atoms with Crippen LogP contribution in [0.5, 0.6) is 0 Å². The van der Waals surface area contributed by atoms with Crippen molar-refractivity contribution in [1.29, 1.82) is 5.41 Å². The number of carbonyl (C=O) groups excluding carboxylic acids is 1. The summed E-state index contributed by atoms with van der Waals surface area (Å²) < 4.78 is 3.94. The van der Waals surface area contributed by atoms with Gasteiger partial charge in [0, 0.05) is 44.0 Å². The molecule has 5 rings (SSSR count). The van der Waals surface area contributed by atoms with E-state index in [1.165, 1.54) is 44.9 Å². The van der Waals surface area contributed by atoms with Gasteiger partial charge in [-0.05, 0) is 101 Å². The number of nitrogens with one attached hydrogen (secondary N) is 3. The Balaban J connectivity index is 1.30. The number of amides is 1. The highest BCUT2D eigenvalue weighted by molar-refractivity contribution is 5.79. The largest absolute Gasteiger partial charge is 0.353 e. The van der Waals surface area contributed by atoms with Crippen LogP contribution in [0.2, 0.25) is 0 Å². The molecule has 1 amide bonds. The molecule has 1 saturated heterocycles. The zero-order chi connectivity index (χ0) is 21.5. The summed E-state index contributed by atoms with van der Waals surface area (Å²) in [5.74, 6) is 3.84. The lowest BCUT2D eigenvalue weighted by molar-refractivity contribution is -0.128. The molecule has 3 saturated carbocycles. The average molecular weight is 428 g/mol. The molecular formula is C25H41N5O. The molecule has 31 heavy (non-hydrogen) atoms. The molecule has 6 nitrogen and oxygen atoms in total. The zero-order valence-corrected chi connectivity index (χ0v) is 19.4. The second-order valence-electron chi connectivity index (χ2n) is 11.3. The van der Waals surface area contributed by atoms with E-state index in [1.54, 1.807) is 0 Å². The number of aromatic nitrogens is 2. The van der Waals surface area contributed by atoms with E-state index in [9.17, 15) is 4.79 Å². The molecule has 0 spiro atoms. The number of rotatable bonds is 7. The summed E-state index contributed by atoms with van der Waals surface area (Å²) in [4.78, 5) is 13.5. The van der Waals surface area contributed by atoms with Crippen molar-refractivity contribution in [2.75, 3.05) is 6.54 Å². The Hall–Kier alpha value is -1.56. The number of piperidine rings is 1. The Labute approximate surface area is 186 Å². The fraction of sp³-hybridized carbons (Fsp3) is 0.840. The third-order valence-corrected chi connectivity index (χ3v) is 8.64. The molecule has 1 aromatic rings. The van der Waals surface area contributed by atoms with E-state index in [-0.39, 0.29) is 5.92 Å². The number of aryl methyl sites for hydroxylation is 1. The molecule has 3 aliphatic carbocycles. The second kappa shape index (κ2) is 8.76. The standard InChI is InChI=1S/C25H41N5O/c1-16-11-20(7-8-27-16)21-12-17(15-30-10-9-29(2)25(30)26)13-22(14-21)24(31)28-23(18-3-4-18)19-5-6-19/h9-10,16-23,26-27H,3-8,11-15H2,1-2H3,(H,28,31). The molecule has 1 aliphatic heterocycles. The van der Waals surface area contributed by atoms with E-state index >= 15 is 0 Å². The number of imidazole rings is 1. The molecule has 0 aromatic carbocycles. The van der Waals surface area contributed by atoms with Gasteiger partial charge in [-0.2, -0.15) is 0 Å². The van der Waals surface area contributed by atoms with Crippen LogP contribution in [0.1, 0.15) is 64.7 Å². The maximum atomic E-state index is 13.5. The Morgan fingerprint density at radius 3 is 2.45 bits per heavy atom. The van der Waals surface area contributed by atoms with Crippen LogP contribution < -0.4 is 16.3 Å². The molecule has 172 valence electrons. The topological polar surface area (TPSA) is 74.8 Å². The lowest BCUT2D eigenvalue weighted by atomic mass is 9.67. The van der Waals surface area contributed by atoms with Crippen molar-refractivity contribution in [3.05, 3.63) is 18.0 Å². The van der Waals surface area contributed by atoms with Gasteiger partial charge in [-0.1, -0.05) is 0 Å². The minimum Gasteiger partial charge on any atom is -0.353 e. The fourth-order valence-electron chi connectivity index (χ4n) is 6.59. The van der Waals surface area contributed by atoms with Crippen LogP contribution in [0.25, 0.3) is 0 Å². The first kappa shape index (κ1) is 21.3. The number of nitrogens with zero attached hydrogens (tertiary/aromatic N) is 2. The van der Waals surface area contributed by atoms with Crippen LogP contribution in [0.4, 0.5) is 0 Å². The van der Waals surface area contributed by atoms with Crippen LogP contribution in [0.3, 0.4) is 0 Å². The Morgan fingerprint density at radius 2 is 1.84 bits per heavy atom. The summed E-state index contributed by atoms with van der Waals surface area (Å²) in [6, 6.07) is 1.04. The molecule has 4 fully saturated rings. The van der Waals surface area contributed by atoms with E-state index in [1.807, 2.05) is 24.0 Å². The quantitative estimate of drug-likeness (QED) is 0.626. The van der Waals surface area contributed by atoms with Crippen molar-refractivity contribution in [2.24, 2.45) is 42.6 Å². The van der Waals surface area contributed by atoms with Crippen molar-refractivity contribution < 1.29 is 4.79 Å². The van der Waals surface area contributed by atoms with Gasteiger partial charge in [-0.15, -0.1) is 0 Å². The number of carbonyl (C=O) groups is 1. The van der Waals surface area contributed by atoms with Gasteiger partial charge in [-0.25, -0.2) is 0 Å². The third kappa shape index (κ3) is 4.94. The van der Waals surface area contributed by atoms with Crippen LogP contribution >= 0.6 is 0 Å². The molecule has 3 N–H and O–H groups in total. The molecule has 1 aromatic heterocycles. The van der Waals surface area contributed by atoms with Gasteiger partial charge >= 0.3 is 0 Å². The summed E-state index contributed by atoms with van der Waals surface area (Å²) >= 11 is 0. The summed E-state index contributed by atoms with van der Waals surface area (Å²) in [5, 5.41) is 15.5. The van der Waals surface area contributed by atoms with E-state index in [4.69, 9.17) is 5.41 Å². The monoisotopic (exact) mass is 427 g/mol. The van der Waals surface area contributed by atoms with Crippen molar-refractivity contribution in [1.82, 2.24) is 19.8 Å². The first-order valence-corrected chi connectivity index (χ1v) is 12.8. The molecule has 5 atom stereocenters. The van der Waals surface area contributed by atoms with Gasteiger partial charge in [0.05, 0.1) is 0 Å². The Bertz CT molecular complexity index is 823. The highest BCUT2D eigenvalue weighted by Gasteiger charge is 2.44. The van der Waals surface area contributed by atoms with Gasteiger partial charge in [-0.3, -0.25) is 10.2 Å².